The summed E-state index contributed by atoms with van der Waals surface area (Å²) in [7, 11) is 1.64. The number of hydrogen-bond acceptors (Lipinski definition) is 3. The molecule has 1 aliphatic rings. The topological polar surface area (TPSA) is 44.5 Å². The molecule has 0 aliphatic heterocycles. The summed E-state index contributed by atoms with van der Waals surface area (Å²) in [5.74, 6) is 1.44. The van der Waals surface area contributed by atoms with Crippen molar-refractivity contribution in [2.75, 3.05) is 13.7 Å². The predicted molar refractivity (Wildman–Crippen MR) is 82.9 cm³/mol. The van der Waals surface area contributed by atoms with E-state index in [4.69, 9.17) is 26.8 Å². The molecule has 20 heavy (non-hydrogen) atoms. The van der Waals surface area contributed by atoms with Gasteiger partial charge in [-0.1, -0.05) is 11.6 Å². The van der Waals surface area contributed by atoms with Gasteiger partial charge in [0.25, 0.3) is 0 Å². The van der Waals surface area contributed by atoms with Crippen molar-refractivity contribution in [2.24, 2.45) is 5.73 Å². The largest absolute Gasteiger partial charge is 0.491 e. The normalized spacial score (nSPS) is 15.6. The van der Waals surface area contributed by atoms with Gasteiger partial charge in [-0.25, -0.2) is 0 Å². The summed E-state index contributed by atoms with van der Waals surface area (Å²) in [6.45, 7) is 0.731. The lowest BCUT2D eigenvalue weighted by atomic mass is 10.1. The van der Waals surface area contributed by atoms with Crippen molar-refractivity contribution in [1.82, 2.24) is 0 Å². The highest BCUT2D eigenvalue weighted by atomic mass is 35.5. The number of unbranched alkanes of at least 4 members (excludes halogenated alkanes) is 1. The van der Waals surface area contributed by atoms with E-state index in [0.717, 1.165) is 44.4 Å². The van der Waals surface area contributed by atoms with Gasteiger partial charge in [-0.3, -0.25) is 0 Å². The summed E-state index contributed by atoms with van der Waals surface area (Å²) in [5.41, 5.74) is 6.73. The SMILES string of the molecule is COc1c(Cl)cc(CCCCN)cc1OC1CCCC1. The highest BCUT2D eigenvalue weighted by Crippen LogP contribution is 2.38. The maximum absolute atomic E-state index is 6.30. The van der Waals surface area contributed by atoms with Crippen molar-refractivity contribution in [3.63, 3.8) is 0 Å². The second-order valence-electron chi connectivity index (χ2n) is 5.38. The van der Waals surface area contributed by atoms with Gasteiger partial charge in [-0.15, -0.1) is 0 Å². The molecule has 1 aromatic rings. The van der Waals surface area contributed by atoms with E-state index < -0.39 is 0 Å². The Balaban J connectivity index is 2.12. The van der Waals surface area contributed by atoms with Gasteiger partial charge in [-0.05, 0) is 69.2 Å². The lowest BCUT2D eigenvalue weighted by Gasteiger charge is -2.18. The fraction of sp³-hybridized carbons (Fsp3) is 0.625. The molecule has 0 bridgehead atoms. The van der Waals surface area contributed by atoms with Crippen molar-refractivity contribution < 1.29 is 9.47 Å². The summed E-state index contributed by atoms with van der Waals surface area (Å²) in [5, 5.41) is 0.630. The Morgan fingerprint density at radius 3 is 2.65 bits per heavy atom. The lowest BCUT2D eigenvalue weighted by Crippen LogP contribution is -2.12. The molecule has 0 unspecified atom stereocenters. The third-order valence-electron chi connectivity index (χ3n) is 3.79. The highest BCUT2D eigenvalue weighted by molar-refractivity contribution is 6.32. The second-order valence-corrected chi connectivity index (χ2v) is 5.79. The maximum atomic E-state index is 6.30. The average Bonchev–Trinajstić information content (AvgIpc) is 2.92. The molecular weight excluding hydrogens is 274 g/mol. The van der Waals surface area contributed by atoms with Gasteiger partial charge in [0.05, 0.1) is 18.2 Å². The van der Waals surface area contributed by atoms with E-state index in [1.165, 1.54) is 18.4 Å². The molecule has 0 saturated heterocycles. The van der Waals surface area contributed by atoms with Gasteiger partial charge in [0.1, 0.15) is 0 Å². The molecule has 0 amide bonds. The fourth-order valence-electron chi connectivity index (χ4n) is 2.71. The van der Waals surface area contributed by atoms with Gasteiger partial charge < -0.3 is 15.2 Å². The molecule has 1 fully saturated rings. The van der Waals surface area contributed by atoms with Gasteiger partial charge >= 0.3 is 0 Å². The average molecular weight is 298 g/mol. The van der Waals surface area contributed by atoms with E-state index in [9.17, 15) is 0 Å². The minimum Gasteiger partial charge on any atom is -0.491 e. The quantitative estimate of drug-likeness (QED) is 0.775. The zero-order valence-corrected chi connectivity index (χ0v) is 12.9. The number of rotatable bonds is 7. The van der Waals surface area contributed by atoms with E-state index in [0.29, 0.717) is 16.9 Å². The van der Waals surface area contributed by atoms with Crippen LogP contribution in [0.4, 0.5) is 0 Å². The summed E-state index contributed by atoms with van der Waals surface area (Å²) in [4.78, 5) is 0. The first-order valence-corrected chi connectivity index (χ1v) is 7.85. The van der Waals surface area contributed by atoms with Crippen molar-refractivity contribution >= 4 is 11.6 Å². The first-order chi connectivity index (χ1) is 9.74. The Kier molecular flexibility index (Phi) is 5.99. The van der Waals surface area contributed by atoms with Crippen molar-refractivity contribution in [3.05, 3.63) is 22.7 Å². The number of benzene rings is 1. The van der Waals surface area contributed by atoms with Crippen LogP contribution in [0.15, 0.2) is 12.1 Å². The number of halogens is 1. The lowest BCUT2D eigenvalue weighted by molar-refractivity contribution is 0.200. The van der Waals surface area contributed by atoms with E-state index in [1.807, 2.05) is 6.07 Å². The zero-order valence-electron chi connectivity index (χ0n) is 12.2. The van der Waals surface area contributed by atoms with Crippen molar-refractivity contribution in [3.8, 4) is 11.5 Å². The third-order valence-corrected chi connectivity index (χ3v) is 4.07. The Morgan fingerprint density at radius 2 is 2.00 bits per heavy atom. The highest BCUT2D eigenvalue weighted by Gasteiger charge is 2.20. The third kappa shape index (κ3) is 4.03. The summed E-state index contributed by atoms with van der Waals surface area (Å²) in [6, 6.07) is 4.04. The first kappa shape index (κ1) is 15.5. The van der Waals surface area contributed by atoms with Crippen LogP contribution in [-0.4, -0.2) is 19.8 Å². The van der Waals surface area contributed by atoms with Gasteiger partial charge in [0, 0.05) is 0 Å². The molecule has 0 spiro atoms. The van der Waals surface area contributed by atoms with Crippen LogP contribution in [0, 0.1) is 0 Å². The second kappa shape index (κ2) is 7.75. The first-order valence-electron chi connectivity index (χ1n) is 7.47. The summed E-state index contributed by atoms with van der Waals surface area (Å²) < 4.78 is 11.5. The van der Waals surface area contributed by atoms with Crippen molar-refractivity contribution in [2.45, 2.75) is 51.0 Å². The Bertz CT molecular complexity index is 431. The van der Waals surface area contributed by atoms with Crippen LogP contribution in [-0.2, 0) is 6.42 Å². The molecule has 0 heterocycles. The fourth-order valence-corrected chi connectivity index (χ4v) is 3.02. The van der Waals surface area contributed by atoms with Crippen LogP contribution in [0.5, 0.6) is 11.5 Å². The molecule has 2 N–H and O–H groups in total. The van der Waals surface area contributed by atoms with Crippen LogP contribution in [0.25, 0.3) is 0 Å². The smallest absolute Gasteiger partial charge is 0.179 e. The van der Waals surface area contributed by atoms with Gasteiger partial charge in [0.15, 0.2) is 11.5 Å². The minimum atomic E-state index is 0.305. The predicted octanol–water partition coefficient (Wildman–Crippen LogP) is 3.95. The summed E-state index contributed by atoms with van der Waals surface area (Å²) >= 11 is 6.30. The standard InChI is InChI=1S/C16H24ClNO2/c1-19-16-14(17)10-12(6-4-5-9-18)11-15(16)20-13-7-2-3-8-13/h10-11,13H,2-9,18H2,1H3. The van der Waals surface area contributed by atoms with Gasteiger partial charge in [0.2, 0.25) is 0 Å². The molecule has 3 nitrogen and oxygen atoms in total. The van der Waals surface area contributed by atoms with Crippen LogP contribution < -0.4 is 15.2 Å². The van der Waals surface area contributed by atoms with E-state index >= 15 is 0 Å². The summed E-state index contributed by atoms with van der Waals surface area (Å²) in [6.07, 6.45) is 8.12. The molecule has 1 aliphatic carbocycles. The van der Waals surface area contributed by atoms with Crippen LogP contribution in [0.2, 0.25) is 5.02 Å². The molecule has 112 valence electrons. The number of hydrogen-bond donors (Lipinski definition) is 1. The van der Waals surface area contributed by atoms with Crippen LogP contribution in [0.3, 0.4) is 0 Å². The number of nitrogens with two attached hydrogens (primary N) is 1. The van der Waals surface area contributed by atoms with E-state index in [1.54, 1.807) is 7.11 Å². The molecule has 1 aromatic carbocycles. The minimum absolute atomic E-state index is 0.305. The maximum Gasteiger partial charge on any atom is 0.179 e. The zero-order chi connectivity index (χ0) is 14.4. The molecule has 1 saturated carbocycles. The number of methoxy groups -OCH3 is 1. The number of aryl methyl sites for hydroxylation is 1. The van der Waals surface area contributed by atoms with E-state index in [2.05, 4.69) is 6.07 Å². The van der Waals surface area contributed by atoms with Crippen LogP contribution >= 0.6 is 11.6 Å². The molecule has 0 atom stereocenters. The van der Waals surface area contributed by atoms with E-state index in [-0.39, 0.29) is 0 Å². The monoisotopic (exact) mass is 297 g/mol. The molecule has 4 heteroatoms. The molecule has 0 radical (unpaired) electrons. The molecular formula is C16H24ClNO2. The molecule has 2 rings (SSSR count). The molecule has 0 aromatic heterocycles. The van der Waals surface area contributed by atoms with Crippen LogP contribution in [0.1, 0.15) is 44.1 Å². The Hall–Kier alpha value is -0.930. The Labute approximate surface area is 126 Å². The number of ether oxygens (including phenoxy) is 2. The van der Waals surface area contributed by atoms with Crippen molar-refractivity contribution in [1.29, 1.82) is 0 Å². The van der Waals surface area contributed by atoms with Gasteiger partial charge in [-0.2, -0.15) is 0 Å². The Morgan fingerprint density at radius 1 is 1.25 bits per heavy atom.